The molecule has 0 aromatic rings. The molecule has 1 fully saturated rings. The van der Waals surface area contributed by atoms with E-state index >= 15 is 0 Å². The number of carbonyl (C=O) groups excluding carboxylic acids is 1. The first-order chi connectivity index (χ1) is 6.29. The molecule has 0 spiro atoms. The smallest absolute Gasteiger partial charge is 0.323 e. The molecule has 1 unspecified atom stereocenters. The zero-order valence-electron chi connectivity index (χ0n) is 8.30. The van der Waals surface area contributed by atoms with Crippen molar-refractivity contribution < 1.29 is 9.53 Å². The highest BCUT2D eigenvalue weighted by atomic mass is 16.5. The van der Waals surface area contributed by atoms with E-state index in [9.17, 15) is 4.79 Å². The number of likely N-dealkylation sites (N-methyl/N-ethyl adjacent to an activating group) is 1. The molecule has 0 saturated carbocycles. The van der Waals surface area contributed by atoms with E-state index in [4.69, 9.17) is 4.74 Å². The molecule has 1 atom stereocenters. The summed E-state index contributed by atoms with van der Waals surface area (Å²) in [6, 6.07) is -0.132. The van der Waals surface area contributed by atoms with Crippen molar-refractivity contribution in [1.82, 2.24) is 10.6 Å². The number of ether oxygens (including phenoxy) is 1. The van der Waals surface area contributed by atoms with E-state index in [2.05, 4.69) is 10.6 Å². The van der Waals surface area contributed by atoms with Crippen LogP contribution in [0.5, 0.6) is 0 Å². The molecule has 2 N–H and O–H groups in total. The fourth-order valence-corrected chi connectivity index (χ4v) is 1.85. The lowest BCUT2D eigenvalue weighted by Gasteiger charge is -2.28. The maximum absolute atomic E-state index is 11.3. The first-order valence-electron chi connectivity index (χ1n) is 4.75. The average Bonchev–Trinajstić information content (AvgIpc) is 2.20. The number of esters is 1. The largest absolute Gasteiger partial charge is 0.468 e. The maximum atomic E-state index is 11.3. The first kappa shape index (κ1) is 10.5. The zero-order chi connectivity index (χ0) is 9.68. The fourth-order valence-electron chi connectivity index (χ4n) is 1.85. The van der Waals surface area contributed by atoms with Crippen molar-refractivity contribution in [2.24, 2.45) is 5.92 Å². The Labute approximate surface area is 79.0 Å². The Morgan fingerprint density at radius 2 is 2.15 bits per heavy atom. The minimum atomic E-state index is -0.144. The topological polar surface area (TPSA) is 50.4 Å². The molecule has 0 aromatic heterocycles. The highest BCUT2D eigenvalue weighted by molar-refractivity contribution is 5.76. The summed E-state index contributed by atoms with van der Waals surface area (Å²) < 4.78 is 4.73. The van der Waals surface area contributed by atoms with Gasteiger partial charge in [0.1, 0.15) is 6.04 Å². The Kier molecular flexibility index (Phi) is 4.18. The molecule has 4 heteroatoms. The quantitative estimate of drug-likeness (QED) is 0.597. The summed E-state index contributed by atoms with van der Waals surface area (Å²) >= 11 is 0. The Balaban J connectivity index is 2.48. The van der Waals surface area contributed by atoms with Crippen LogP contribution >= 0.6 is 0 Å². The standard InChI is InChI=1S/C9H18N2O2/c1-10-8(9(12)13-2)7-3-5-11-6-4-7/h7-8,10-11H,3-6H2,1-2H3. The lowest BCUT2D eigenvalue weighted by Crippen LogP contribution is -2.45. The molecular weight excluding hydrogens is 168 g/mol. The van der Waals surface area contributed by atoms with Gasteiger partial charge in [0, 0.05) is 0 Å². The van der Waals surface area contributed by atoms with E-state index in [1.54, 1.807) is 0 Å². The van der Waals surface area contributed by atoms with Crippen LogP contribution in [0.4, 0.5) is 0 Å². The number of hydrogen-bond acceptors (Lipinski definition) is 4. The van der Waals surface area contributed by atoms with Crippen LogP contribution in [0.1, 0.15) is 12.8 Å². The van der Waals surface area contributed by atoms with Crippen LogP contribution in [0.3, 0.4) is 0 Å². The first-order valence-corrected chi connectivity index (χ1v) is 4.75. The van der Waals surface area contributed by atoms with Crippen LogP contribution in [0.15, 0.2) is 0 Å². The van der Waals surface area contributed by atoms with E-state index in [1.165, 1.54) is 7.11 Å². The van der Waals surface area contributed by atoms with Gasteiger partial charge in [0.05, 0.1) is 7.11 Å². The predicted octanol–water partition coefficient (Wildman–Crippen LogP) is -0.253. The van der Waals surface area contributed by atoms with Crippen LogP contribution in [-0.2, 0) is 9.53 Å². The minimum absolute atomic E-state index is 0.132. The van der Waals surface area contributed by atoms with E-state index in [1.807, 2.05) is 7.05 Å². The van der Waals surface area contributed by atoms with Gasteiger partial charge >= 0.3 is 5.97 Å². The molecule has 0 aromatic carbocycles. The molecule has 0 aliphatic carbocycles. The second-order valence-electron chi connectivity index (χ2n) is 3.38. The molecule has 0 amide bonds. The average molecular weight is 186 g/mol. The monoisotopic (exact) mass is 186 g/mol. The molecular formula is C9H18N2O2. The van der Waals surface area contributed by atoms with Crippen molar-refractivity contribution in [1.29, 1.82) is 0 Å². The Morgan fingerprint density at radius 3 is 2.62 bits per heavy atom. The summed E-state index contributed by atoms with van der Waals surface area (Å²) in [5.74, 6) is 0.271. The van der Waals surface area contributed by atoms with Crippen LogP contribution in [-0.4, -0.2) is 39.3 Å². The summed E-state index contributed by atoms with van der Waals surface area (Å²) in [6.07, 6.45) is 2.08. The van der Waals surface area contributed by atoms with E-state index in [-0.39, 0.29) is 12.0 Å². The molecule has 1 aliphatic rings. The molecule has 1 saturated heterocycles. The van der Waals surface area contributed by atoms with Crippen LogP contribution < -0.4 is 10.6 Å². The van der Waals surface area contributed by atoms with Crippen molar-refractivity contribution >= 4 is 5.97 Å². The van der Waals surface area contributed by atoms with Crippen LogP contribution in [0.25, 0.3) is 0 Å². The lowest BCUT2D eigenvalue weighted by molar-refractivity contribution is -0.144. The third kappa shape index (κ3) is 2.67. The molecule has 0 radical (unpaired) electrons. The number of hydrogen-bond donors (Lipinski definition) is 2. The molecule has 1 aliphatic heterocycles. The number of piperidine rings is 1. The van der Waals surface area contributed by atoms with E-state index in [0.29, 0.717) is 5.92 Å². The molecule has 4 nitrogen and oxygen atoms in total. The van der Waals surface area contributed by atoms with Crippen molar-refractivity contribution in [2.45, 2.75) is 18.9 Å². The lowest BCUT2D eigenvalue weighted by atomic mass is 9.90. The van der Waals surface area contributed by atoms with Crippen LogP contribution in [0, 0.1) is 5.92 Å². The van der Waals surface area contributed by atoms with Gasteiger partial charge in [0.2, 0.25) is 0 Å². The van der Waals surface area contributed by atoms with Gasteiger partial charge in [-0.15, -0.1) is 0 Å². The van der Waals surface area contributed by atoms with Gasteiger partial charge in [-0.2, -0.15) is 0 Å². The van der Waals surface area contributed by atoms with E-state index in [0.717, 1.165) is 25.9 Å². The zero-order valence-corrected chi connectivity index (χ0v) is 8.30. The van der Waals surface area contributed by atoms with Gasteiger partial charge in [-0.1, -0.05) is 0 Å². The number of methoxy groups -OCH3 is 1. The molecule has 76 valence electrons. The summed E-state index contributed by atoms with van der Waals surface area (Å²) in [5, 5.41) is 6.29. The molecule has 1 rings (SSSR count). The Hall–Kier alpha value is -0.610. The SMILES string of the molecule is CNC(C(=O)OC)C1CCNCC1. The second kappa shape index (κ2) is 5.19. The summed E-state index contributed by atoms with van der Waals surface area (Å²) in [6.45, 7) is 2.00. The number of nitrogens with one attached hydrogen (secondary N) is 2. The molecule has 1 heterocycles. The van der Waals surface area contributed by atoms with E-state index < -0.39 is 0 Å². The molecule has 0 bridgehead atoms. The highest BCUT2D eigenvalue weighted by Crippen LogP contribution is 2.16. The minimum Gasteiger partial charge on any atom is -0.468 e. The van der Waals surface area contributed by atoms with Gasteiger partial charge in [-0.25, -0.2) is 0 Å². The summed E-state index contributed by atoms with van der Waals surface area (Å²) in [4.78, 5) is 11.3. The van der Waals surface area contributed by atoms with Crippen molar-refractivity contribution in [3.63, 3.8) is 0 Å². The van der Waals surface area contributed by atoms with Gasteiger partial charge in [0.15, 0.2) is 0 Å². The Bertz CT molecular complexity index is 167. The number of rotatable bonds is 3. The van der Waals surface area contributed by atoms with Gasteiger partial charge in [-0.3, -0.25) is 4.79 Å². The van der Waals surface area contributed by atoms with Gasteiger partial charge < -0.3 is 15.4 Å². The third-order valence-electron chi connectivity index (χ3n) is 2.62. The second-order valence-corrected chi connectivity index (χ2v) is 3.38. The molecule has 13 heavy (non-hydrogen) atoms. The van der Waals surface area contributed by atoms with Crippen molar-refractivity contribution in [2.75, 3.05) is 27.2 Å². The third-order valence-corrected chi connectivity index (χ3v) is 2.62. The Morgan fingerprint density at radius 1 is 1.54 bits per heavy atom. The normalized spacial score (nSPS) is 21.1. The highest BCUT2D eigenvalue weighted by Gasteiger charge is 2.28. The van der Waals surface area contributed by atoms with Gasteiger partial charge in [-0.05, 0) is 38.9 Å². The van der Waals surface area contributed by atoms with Crippen LogP contribution in [0.2, 0.25) is 0 Å². The van der Waals surface area contributed by atoms with Gasteiger partial charge in [0.25, 0.3) is 0 Å². The fraction of sp³-hybridized carbons (Fsp3) is 0.889. The summed E-state index contributed by atoms with van der Waals surface area (Å²) in [5.41, 5.74) is 0. The predicted molar refractivity (Wildman–Crippen MR) is 50.5 cm³/mol. The van der Waals surface area contributed by atoms with Crippen molar-refractivity contribution in [3.8, 4) is 0 Å². The maximum Gasteiger partial charge on any atom is 0.323 e. The number of carbonyl (C=O) groups is 1. The summed E-state index contributed by atoms with van der Waals surface area (Å²) in [7, 11) is 3.25. The van der Waals surface area contributed by atoms with Crippen molar-refractivity contribution in [3.05, 3.63) is 0 Å².